The van der Waals surface area contributed by atoms with E-state index in [4.69, 9.17) is 0 Å². The maximum Gasteiger partial charge on any atom is 0.478 e. The van der Waals surface area contributed by atoms with Crippen LogP contribution in [0.15, 0.2) is 30.3 Å². The van der Waals surface area contributed by atoms with Crippen molar-refractivity contribution in [3.8, 4) is 0 Å². The van der Waals surface area contributed by atoms with Gasteiger partial charge in [-0.2, -0.15) is 13.2 Å². The fourth-order valence-corrected chi connectivity index (χ4v) is 2.26. The van der Waals surface area contributed by atoms with Crippen molar-refractivity contribution in [1.82, 2.24) is 5.32 Å². The van der Waals surface area contributed by atoms with Gasteiger partial charge in [0.1, 0.15) is 6.54 Å². The number of carbonyl (C=O) groups excluding carboxylic acids is 2. The van der Waals surface area contributed by atoms with E-state index < -0.39 is 23.7 Å². The Morgan fingerprint density at radius 2 is 1.80 bits per heavy atom. The lowest BCUT2D eigenvalue weighted by Crippen LogP contribution is -3.06. The molecule has 1 atom stereocenters. The average molecular weight is 361 g/mol. The van der Waals surface area contributed by atoms with Gasteiger partial charge in [-0.15, -0.1) is 0 Å². The predicted molar refractivity (Wildman–Crippen MR) is 85.1 cm³/mol. The highest BCUT2D eigenvalue weighted by atomic mass is 19.4. The summed E-state index contributed by atoms with van der Waals surface area (Å²) in [6, 6.07) is 8.37. The fraction of sp³-hybridized carbons (Fsp3) is 0.529. The second-order valence-corrected chi connectivity index (χ2v) is 6.07. The number of benzene rings is 1. The Labute approximate surface area is 144 Å². The van der Waals surface area contributed by atoms with Crippen LogP contribution in [0.3, 0.4) is 0 Å². The first-order valence-corrected chi connectivity index (χ1v) is 8.05. The van der Waals surface area contributed by atoms with Crippen LogP contribution in [0.25, 0.3) is 0 Å². The number of carbonyl (C=O) groups is 2. The largest absolute Gasteiger partial charge is 0.478 e. The smallest absolute Gasteiger partial charge is 0.460 e. The maximum atomic E-state index is 13.8. The molecule has 8 heteroatoms. The SMILES string of the molecule is CCOC(=O)[C@](NC(=O)CC(C)C)([NH2+]Cc1ccccc1)C(F)(F)F. The zero-order valence-electron chi connectivity index (χ0n) is 14.5. The summed E-state index contributed by atoms with van der Waals surface area (Å²) in [4.78, 5) is 24.2. The molecular weight excluding hydrogens is 337 g/mol. The Morgan fingerprint density at radius 3 is 2.28 bits per heavy atom. The number of nitrogens with two attached hydrogens (primary N) is 1. The predicted octanol–water partition coefficient (Wildman–Crippen LogP) is 1.73. The van der Waals surface area contributed by atoms with Gasteiger partial charge in [0, 0.05) is 12.0 Å². The third-order valence-corrected chi connectivity index (χ3v) is 3.46. The molecule has 0 aliphatic rings. The molecule has 0 spiro atoms. The van der Waals surface area contributed by atoms with Gasteiger partial charge in [0.15, 0.2) is 0 Å². The first kappa shape index (κ1) is 21.0. The number of amides is 1. The van der Waals surface area contributed by atoms with E-state index in [1.54, 1.807) is 44.2 Å². The molecule has 1 aromatic rings. The molecule has 0 unspecified atom stereocenters. The third-order valence-electron chi connectivity index (χ3n) is 3.46. The van der Waals surface area contributed by atoms with E-state index in [1.807, 2.05) is 5.32 Å². The third kappa shape index (κ3) is 5.74. The molecule has 0 fully saturated rings. The number of alkyl halides is 3. The van der Waals surface area contributed by atoms with E-state index in [0.717, 1.165) is 5.32 Å². The van der Waals surface area contributed by atoms with E-state index in [9.17, 15) is 22.8 Å². The minimum Gasteiger partial charge on any atom is -0.460 e. The van der Waals surface area contributed by atoms with Crippen molar-refractivity contribution in [3.63, 3.8) is 0 Å². The van der Waals surface area contributed by atoms with Gasteiger partial charge in [-0.3, -0.25) is 10.1 Å². The molecule has 25 heavy (non-hydrogen) atoms. The number of ether oxygens (including phenoxy) is 1. The Bertz CT molecular complexity index is 576. The molecule has 3 N–H and O–H groups in total. The molecule has 1 rings (SSSR count). The minimum absolute atomic E-state index is 0.129. The Balaban J connectivity index is 3.15. The van der Waals surface area contributed by atoms with Crippen LogP contribution in [-0.2, 0) is 20.9 Å². The molecular formula is C17H24F3N2O3+. The number of hydrogen-bond acceptors (Lipinski definition) is 3. The summed E-state index contributed by atoms with van der Waals surface area (Å²) < 4.78 is 46.0. The highest BCUT2D eigenvalue weighted by Gasteiger charge is 2.67. The summed E-state index contributed by atoms with van der Waals surface area (Å²) in [5, 5.41) is 2.63. The average Bonchev–Trinajstić information content (AvgIpc) is 2.50. The van der Waals surface area contributed by atoms with Gasteiger partial charge in [0.05, 0.1) is 6.61 Å². The summed E-state index contributed by atoms with van der Waals surface area (Å²) in [5.74, 6) is -2.54. The van der Waals surface area contributed by atoms with Crippen LogP contribution in [-0.4, -0.2) is 30.3 Å². The molecule has 0 saturated heterocycles. The molecule has 0 aliphatic heterocycles. The van der Waals surface area contributed by atoms with Crippen molar-refractivity contribution in [2.24, 2.45) is 5.92 Å². The van der Waals surface area contributed by atoms with Crippen LogP contribution < -0.4 is 10.6 Å². The summed E-state index contributed by atoms with van der Waals surface area (Å²) in [6.45, 7) is 4.43. The van der Waals surface area contributed by atoms with Gasteiger partial charge in [0.2, 0.25) is 5.91 Å². The van der Waals surface area contributed by atoms with Crippen molar-refractivity contribution in [2.45, 2.75) is 45.6 Å². The number of quaternary nitrogens is 1. The standard InChI is InChI=1S/C17H23F3N2O3/c1-4-25-15(24)16(17(18,19)20,22-14(23)10-12(2)3)21-11-13-8-6-5-7-9-13/h5-9,12,21H,4,10-11H2,1-3H3,(H,22,23)/p+1/t16-/m1/s1. The van der Waals surface area contributed by atoms with Crippen molar-refractivity contribution >= 4 is 11.9 Å². The van der Waals surface area contributed by atoms with Crippen LogP contribution >= 0.6 is 0 Å². The quantitative estimate of drug-likeness (QED) is 0.547. The second kappa shape index (κ2) is 8.84. The van der Waals surface area contributed by atoms with E-state index in [2.05, 4.69) is 4.74 Å². The zero-order valence-corrected chi connectivity index (χ0v) is 14.5. The van der Waals surface area contributed by atoms with Crippen LogP contribution in [0.2, 0.25) is 0 Å². The van der Waals surface area contributed by atoms with Crippen molar-refractivity contribution in [3.05, 3.63) is 35.9 Å². The Morgan fingerprint density at radius 1 is 1.20 bits per heavy atom. The summed E-state index contributed by atoms with van der Waals surface area (Å²) >= 11 is 0. The minimum atomic E-state index is -5.03. The van der Waals surface area contributed by atoms with Crippen LogP contribution in [0.1, 0.15) is 32.8 Å². The van der Waals surface area contributed by atoms with Gasteiger partial charge in [-0.05, 0) is 12.8 Å². The Hall–Kier alpha value is -2.09. The normalized spacial score (nSPS) is 14.0. The van der Waals surface area contributed by atoms with E-state index in [1.165, 1.54) is 6.92 Å². The number of halogens is 3. The fourth-order valence-electron chi connectivity index (χ4n) is 2.26. The molecule has 140 valence electrons. The number of rotatable bonds is 8. The molecule has 5 nitrogen and oxygen atoms in total. The van der Waals surface area contributed by atoms with Crippen molar-refractivity contribution in [2.75, 3.05) is 6.61 Å². The maximum absolute atomic E-state index is 13.8. The summed E-state index contributed by atoms with van der Waals surface area (Å²) in [5.41, 5.74) is -2.59. The number of hydrogen-bond donors (Lipinski definition) is 2. The van der Waals surface area contributed by atoms with Gasteiger partial charge < -0.3 is 10.1 Å². The second-order valence-electron chi connectivity index (χ2n) is 6.07. The molecule has 0 aliphatic carbocycles. The Kier molecular flexibility index (Phi) is 7.41. The molecule has 0 radical (unpaired) electrons. The molecule has 0 aromatic heterocycles. The van der Waals surface area contributed by atoms with Gasteiger partial charge >= 0.3 is 17.8 Å². The highest BCUT2D eigenvalue weighted by Crippen LogP contribution is 2.27. The number of nitrogens with one attached hydrogen (secondary N) is 1. The van der Waals surface area contributed by atoms with E-state index >= 15 is 0 Å². The van der Waals surface area contributed by atoms with Gasteiger partial charge in [0.25, 0.3) is 0 Å². The molecule has 0 bridgehead atoms. The van der Waals surface area contributed by atoms with Crippen LogP contribution in [0.5, 0.6) is 0 Å². The molecule has 0 heterocycles. The number of esters is 1. The van der Waals surface area contributed by atoms with Crippen LogP contribution in [0, 0.1) is 5.92 Å². The van der Waals surface area contributed by atoms with Crippen LogP contribution in [0.4, 0.5) is 13.2 Å². The van der Waals surface area contributed by atoms with E-state index in [-0.39, 0.29) is 25.5 Å². The van der Waals surface area contributed by atoms with Crippen molar-refractivity contribution in [1.29, 1.82) is 0 Å². The first-order chi connectivity index (χ1) is 11.6. The highest BCUT2D eigenvalue weighted by molar-refractivity contribution is 5.87. The van der Waals surface area contributed by atoms with Gasteiger partial charge in [-0.1, -0.05) is 44.2 Å². The lowest BCUT2D eigenvalue weighted by Gasteiger charge is -2.31. The molecule has 0 saturated carbocycles. The van der Waals surface area contributed by atoms with E-state index in [0.29, 0.717) is 5.56 Å². The van der Waals surface area contributed by atoms with Crippen molar-refractivity contribution < 1.29 is 32.8 Å². The topological polar surface area (TPSA) is 72.0 Å². The van der Waals surface area contributed by atoms with Gasteiger partial charge in [-0.25, -0.2) is 4.79 Å². The first-order valence-electron chi connectivity index (χ1n) is 8.05. The monoisotopic (exact) mass is 361 g/mol. The summed E-state index contributed by atoms with van der Waals surface area (Å²) in [6.07, 6.45) is -5.16. The zero-order chi connectivity index (χ0) is 19.1. The lowest BCUT2D eigenvalue weighted by molar-refractivity contribution is -0.757. The molecule has 1 aromatic carbocycles. The lowest BCUT2D eigenvalue weighted by atomic mass is 10.1. The summed E-state index contributed by atoms with van der Waals surface area (Å²) in [7, 11) is 0. The molecule has 1 amide bonds.